The Hall–Kier alpha value is -2.80. The standard InChI is InChI=1S/C21H32ClN7O5/c1-21(2,23)19(31)25-17(14-33-13-15-6-5-7-16(22)12-15)18-26-27-28-29(18)9-11-34-20(32)24-8-3-4-10-30/h5-7,12,17,30H,3-4,8-11,13-14,23H2,1-2H3,(H,24,32)(H,25,31)/t17-/m1/s1. The van der Waals surface area contributed by atoms with Crippen molar-refractivity contribution in [3.05, 3.63) is 40.7 Å². The first-order chi connectivity index (χ1) is 16.2. The van der Waals surface area contributed by atoms with Crippen molar-refractivity contribution in [1.29, 1.82) is 0 Å². The lowest BCUT2D eigenvalue weighted by Gasteiger charge is -2.23. The number of hydrogen-bond donors (Lipinski definition) is 4. The van der Waals surface area contributed by atoms with Crippen LogP contribution in [-0.4, -0.2) is 69.2 Å². The Morgan fingerprint density at radius 2 is 2.12 bits per heavy atom. The molecule has 0 fully saturated rings. The molecule has 2 amide bonds. The van der Waals surface area contributed by atoms with Gasteiger partial charge < -0.3 is 30.9 Å². The predicted molar refractivity (Wildman–Crippen MR) is 124 cm³/mol. The van der Waals surface area contributed by atoms with Gasteiger partial charge in [-0.05, 0) is 54.8 Å². The number of hydrogen-bond acceptors (Lipinski definition) is 9. The molecule has 0 aliphatic carbocycles. The molecule has 188 valence electrons. The van der Waals surface area contributed by atoms with Crippen LogP contribution in [0, 0.1) is 0 Å². The summed E-state index contributed by atoms with van der Waals surface area (Å²) < 4.78 is 12.4. The number of carbonyl (C=O) groups excluding carboxylic acids is 2. The van der Waals surface area contributed by atoms with E-state index in [-0.39, 0.29) is 33.0 Å². The summed E-state index contributed by atoms with van der Waals surface area (Å²) >= 11 is 6.01. The Morgan fingerprint density at radius 1 is 1.32 bits per heavy atom. The number of aromatic nitrogens is 4. The molecule has 1 heterocycles. The highest BCUT2D eigenvalue weighted by atomic mass is 35.5. The number of rotatable bonds is 14. The van der Waals surface area contributed by atoms with E-state index in [0.29, 0.717) is 30.2 Å². The number of alkyl carbamates (subject to hydrolysis) is 1. The van der Waals surface area contributed by atoms with E-state index in [1.54, 1.807) is 26.0 Å². The summed E-state index contributed by atoms with van der Waals surface area (Å²) in [5, 5.41) is 26.4. The molecule has 2 aromatic rings. The second-order valence-corrected chi connectivity index (χ2v) is 8.58. The number of unbranched alkanes of at least 4 members (excludes halogenated alkanes) is 1. The molecule has 13 heteroatoms. The molecule has 0 unspecified atom stereocenters. The number of tetrazole rings is 1. The number of ether oxygens (including phenoxy) is 2. The molecule has 34 heavy (non-hydrogen) atoms. The molecular weight excluding hydrogens is 466 g/mol. The van der Waals surface area contributed by atoms with E-state index in [2.05, 4.69) is 26.2 Å². The molecule has 0 saturated heterocycles. The van der Waals surface area contributed by atoms with Crippen molar-refractivity contribution in [3.8, 4) is 0 Å². The summed E-state index contributed by atoms with van der Waals surface area (Å²) in [6.07, 6.45) is 0.670. The first-order valence-electron chi connectivity index (χ1n) is 10.9. The Balaban J connectivity index is 1.98. The number of nitrogens with two attached hydrogens (primary N) is 1. The normalized spacial score (nSPS) is 12.3. The fraction of sp³-hybridized carbons (Fsp3) is 0.571. The summed E-state index contributed by atoms with van der Waals surface area (Å²) in [6, 6.07) is 6.55. The second-order valence-electron chi connectivity index (χ2n) is 8.15. The van der Waals surface area contributed by atoms with Gasteiger partial charge in [0.05, 0.1) is 25.3 Å². The van der Waals surface area contributed by atoms with Gasteiger partial charge in [-0.3, -0.25) is 4.79 Å². The average Bonchev–Trinajstić information content (AvgIpc) is 3.24. The summed E-state index contributed by atoms with van der Waals surface area (Å²) in [7, 11) is 0. The van der Waals surface area contributed by atoms with Crippen molar-refractivity contribution in [2.45, 2.75) is 51.4 Å². The van der Waals surface area contributed by atoms with Crippen LogP contribution in [0.15, 0.2) is 24.3 Å². The highest BCUT2D eigenvalue weighted by Crippen LogP contribution is 2.15. The molecule has 1 aromatic heterocycles. The van der Waals surface area contributed by atoms with Gasteiger partial charge in [0.2, 0.25) is 5.91 Å². The van der Waals surface area contributed by atoms with Crippen molar-refractivity contribution in [2.75, 3.05) is 26.4 Å². The topological polar surface area (TPSA) is 167 Å². The summed E-state index contributed by atoms with van der Waals surface area (Å²) in [4.78, 5) is 24.3. The Kier molecular flexibility index (Phi) is 11.1. The van der Waals surface area contributed by atoms with Crippen LogP contribution >= 0.6 is 11.6 Å². The van der Waals surface area contributed by atoms with Gasteiger partial charge in [-0.1, -0.05) is 23.7 Å². The average molecular weight is 498 g/mol. The molecular formula is C21H32ClN7O5. The van der Waals surface area contributed by atoms with Gasteiger partial charge in [-0.15, -0.1) is 5.10 Å². The van der Waals surface area contributed by atoms with E-state index in [0.717, 1.165) is 5.56 Å². The number of amides is 2. The Labute approximate surface area is 203 Å². The number of nitrogens with zero attached hydrogens (tertiary/aromatic N) is 4. The maximum absolute atomic E-state index is 12.5. The van der Waals surface area contributed by atoms with Crippen LogP contribution in [0.1, 0.15) is 44.1 Å². The third kappa shape index (κ3) is 9.59. The van der Waals surface area contributed by atoms with Gasteiger partial charge >= 0.3 is 6.09 Å². The quantitative estimate of drug-likeness (QED) is 0.277. The lowest BCUT2D eigenvalue weighted by atomic mass is 10.1. The van der Waals surface area contributed by atoms with Crippen LogP contribution in [0.5, 0.6) is 0 Å². The maximum atomic E-state index is 12.5. The van der Waals surface area contributed by atoms with Crippen LogP contribution in [0.2, 0.25) is 5.02 Å². The van der Waals surface area contributed by atoms with Gasteiger partial charge in [-0.25, -0.2) is 9.48 Å². The lowest BCUT2D eigenvalue weighted by molar-refractivity contribution is -0.126. The summed E-state index contributed by atoms with van der Waals surface area (Å²) in [5.74, 6) is -0.0763. The molecule has 1 aromatic carbocycles. The zero-order valence-corrected chi connectivity index (χ0v) is 20.1. The first kappa shape index (κ1) is 27.4. The number of aliphatic hydroxyl groups excluding tert-OH is 1. The molecule has 5 N–H and O–H groups in total. The van der Waals surface area contributed by atoms with Crippen molar-refractivity contribution in [1.82, 2.24) is 30.8 Å². The minimum Gasteiger partial charge on any atom is -0.448 e. The van der Waals surface area contributed by atoms with Crippen molar-refractivity contribution in [2.24, 2.45) is 5.73 Å². The van der Waals surface area contributed by atoms with E-state index in [4.69, 9.17) is 31.9 Å². The van der Waals surface area contributed by atoms with Crippen LogP contribution in [0.25, 0.3) is 0 Å². The zero-order chi connectivity index (χ0) is 25.0. The molecule has 2 rings (SSSR count). The molecule has 0 aliphatic rings. The van der Waals surface area contributed by atoms with Crippen molar-refractivity contribution >= 4 is 23.6 Å². The fourth-order valence-electron chi connectivity index (χ4n) is 2.77. The van der Waals surface area contributed by atoms with Gasteiger partial charge in [0.25, 0.3) is 0 Å². The van der Waals surface area contributed by atoms with Gasteiger partial charge in [0, 0.05) is 18.2 Å². The number of nitrogens with one attached hydrogen (secondary N) is 2. The fourth-order valence-corrected chi connectivity index (χ4v) is 2.98. The molecule has 0 saturated carbocycles. The molecule has 1 atom stereocenters. The van der Waals surface area contributed by atoms with E-state index < -0.39 is 23.6 Å². The maximum Gasteiger partial charge on any atom is 0.407 e. The third-order valence-corrected chi connectivity index (χ3v) is 4.83. The monoisotopic (exact) mass is 497 g/mol. The first-order valence-corrected chi connectivity index (χ1v) is 11.3. The summed E-state index contributed by atoms with van der Waals surface area (Å²) in [6.45, 7) is 4.16. The molecule has 12 nitrogen and oxygen atoms in total. The number of carbonyl (C=O) groups is 2. The summed E-state index contributed by atoms with van der Waals surface area (Å²) in [5.41, 5.74) is 5.67. The van der Waals surface area contributed by atoms with Gasteiger partial charge in [0.15, 0.2) is 5.82 Å². The van der Waals surface area contributed by atoms with E-state index >= 15 is 0 Å². The van der Waals surface area contributed by atoms with Crippen molar-refractivity contribution in [3.63, 3.8) is 0 Å². The van der Waals surface area contributed by atoms with E-state index in [1.165, 1.54) is 4.68 Å². The molecule has 0 aliphatic heterocycles. The Morgan fingerprint density at radius 3 is 2.82 bits per heavy atom. The highest BCUT2D eigenvalue weighted by Gasteiger charge is 2.28. The zero-order valence-electron chi connectivity index (χ0n) is 19.4. The SMILES string of the molecule is CC(C)(N)C(=O)N[C@H](COCc1cccc(Cl)c1)c1nnnn1CCOC(=O)NCCCCO. The molecule has 0 bridgehead atoms. The van der Waals surface area contributed by atoms with Crippen LogP contribution in [-0.2, 0) is 27.4 Å². The minimum atomic E-state index is -1.12. The molecule has 0 radical (unpaired) electrons. The van der Waals surface area contributed by atoms with Crippen LogP contribution < -0.4 is 16.4 Å². The smallest absolute Gasteiger partial charge is 0.407 e. The van der Waals surface area contributed by atoms with Crippen LogP contribution in [0.3, 0.4) is 0 Å². The number of halogens is 1. The lowest BCUT2D eigenvalue weighted by Crippen LogP contribution is -2.51. The number of aliphatic hydroxyl groups is 1. The van der Waals surface area contributed by atoms with Crippen LogP contribution in [0.4, 0.5) is 4.79 Å². The van der Waals surface area contributed by atoms with Gasteiger partial charge in [0.1, 0.15) is 12.6 Å². The molecule has 0 spiro atoms. The predicted octanol–water partition coefficient (Wildman–Crippen LogP) is 0.937. The minimum absolute atomic E-state index is 0.0102. The Bertz CT molecular complexity index is 919. The van der Waals surface area contributed by atoms with E-state index in [9.17, 15) is 9.59 Å². The van der Waals surface area contributed by atoms with E-state index in [1.807, 2.05) is 12.1 Å². The largest absolute Gasteiger partial charge is 0.448 e. The second kappa shape index (κ2) is 13.8. The third-order valence-electron chi connectivity index (χ3n) is 4.59. The van der Waals surface area contributed by atoms with Gasteiger partial charge in [-0.2, -0.15) is 0 Å². The highest BCUT2D eigenvalue weighted by molar-refractivity contribution is 6.30. The van der Waals surface area contributed by atoms with Crippen molar-refractivity contribution < 1.29 is 24.2 Å². The number of benzene rings is 1.